The molecule has 8 heteroatoms. The second-order valence-electron chi connectivity index (χ2n) is 5.86. The van der Waals surface area contributed by atoms with Crippen molar-refractivity contribution >= 4 is 39.7 Å². The first kappa shape index (κ1) is 18.3. The van der Waals surface area contributed by atoms with E-state index in [1.54, 1.807) is 19.1 Å². The Labute approximate surface area is 155 Å². The largest absolute Gasteiger partial charge is 0.497 e. The van der Waals surface area contributed by atoms with Gasteiger partial charge in [0.05, 0.1) is 20.6 Å². The van der Waals surface area contributed by atoms with Crippen molar-refractivity contribution in [1.29, 1.82) is 0 Å². The second-order valence-corrected chi connectivity index (χ2v) is 7.03. The molecule has 7 nitrogen and oxygen atoms in total. The third kappa shape index (κ3) is 3.55. The Hall–Kier alpha value is -2.48. The van der Waals surface area contributed by atoms with E-state index >= 15 is 0 Å². The molecule has 1 aromatic carbocycles. The fraction of sp³-hybridized carbons (Fsp3) is 0.389. The number of carbonyl (C=O) groups excluding carboxylic acids is 2. The molecule has 0 radical (unpaired) electrons. The molecule has 0 bridgehead atoms. The van der Waals surface area contributed by atoms with Gasteiger partial charge in [0.25, 0.3) is 0 Å². The minimum atomic E-state index is -0.468. The van der Waals surface area contributed by atoms with E-state index < -0.39 is 11.2 Å². The molecule has 0 saturated carbocycles. The van der Waals surface area contributed by atoms with Crippen molar-refractivity contribution in [3.05, 3.63) is 30.0 Å². The molecule has 0 unspecified atom stereocenters. The predicted molar refractivity (Wildman–Crippen MR) is 102 cm³/mol. The lowest BCUT2D eigenvalue weighted by Gasteiger charge is -2.15. The van der Waals surface area contributed by atoms with Crippen LogP contribution in [0.25, 0.3) is 10.9 Å². The number of aromatic nitrogens is 1. The fourth-order valence-electron chi connectivity index (χ4n) is 2.98. The number of amides is 1. The molecule has 1 fully saturated rings. The number of methoxy groups -OCH3 is 2. The number of esters is 1. The van der Waals surface area contributed by atoms with Crippen LogP contribution in [0.3, 0.4) is 0 Å². The van der Waals surface area contributed by atoms with Gasteiger partial charge in [0.2, 0.25) is 5.91 Å². The Bertz CT molecular complexity index is 861. The average Bonchev–Trinajstić information content (AvgIpc) is 3.20. The molecule has 2 aromatic rings. The summed E-state index contributed by atoms with van der Waals surface area (Å²) < 4.78 is 9.97. The highest BCUT2D eigenvalue weighted by atomic mass is 32.2. The van der Waals surface area contributed by atoms with Gasteiger partial charge in [-0.3, -0.25) is 19.5 Å². The number of benzene rings is 1. The molecule has 1 aliphatic heterocycles. The average molecular weight is 375 g/mol. The summed E-state index contributed by atoms with van der Waals surface area (Å²) in [5.41, 5.74) is 2.12. The van der Waals surface area contributed by atoms with Crippen LogP contribution in [0.5, 0.6) is 5.75 Å². The van der Waals surface area contributed by atoms with E-state index in [1.807, 2.05) is 24.4 Å². The van der Waals surface area contributed by atoms with Gasteiger partial charge in [0.1, 0.15) is 11.0 Å². The summed E-state index contributed by atoms with van der Waals surface area (Å²) in [6.45, 7) is 0.500. The van der Waals surface area contributed by atoms with Crippen LogP contribution in [-0.4, -0.2) is 60.0 Å². The highest BCUT2D eigenvalue weighted by molar-refractivity contribution is 8.15. The van der Waals surface area contributed by atoms with E-state index in [-0.39, 0.29) is 12.3 Å². The van der Waals surface area contributed by atoms with Crippen molar-refractivity contribution in [2.24, 2.45) is 4.99 Å². The van der Waals surface area contributed by atoms with Crippen LogP contribution < -0.4 is 4.74 Å². The third-order valence-corrected chi connectivity index (χ3v) is 5.64. The standard InChI is InChI=1S/C18H21N3O4S/c1-19-18-21(17(23)15(26-18)9-16(22)25-3)7-6-11-10-20-14-5-4-12(24-2)8-13(11)14/h4-5,8,10,15,20H,6-7,9H2,1-3H3/t15-/m1/s1. The summed E-state index contributed by atoms with van der Waals surface area (Å²) in [5.74, 6) is 0.301. The highest BCUT2D eigenvalue weighted by Crippen LogP contribution is 2.30. The maximum absolute atomic E-state index is 12.6. The first-order valence-corrected chi connectivity index (χ1v) is 9.11. The zero-order valence-corrected chi connectivity index (χ0v) is 15.8. The van der Waals surface area contributed by atoms with Gasteiger partial charge in [-0.15, -0.1) is 0 Å². The molecule has 1 aromatic heterocycles. The molecule has 3 rings (SSSR count). The monoisotopic (exact) mass is 375 g/mol. The molecule has 0 aliphatic carbocycles. The maximum Gasteiger partial charge on any atom is 0.307 e. The summed E-state index contributed by atoms with van der Waals surface area (Å²) in [6, 6.07) is 5.86. The molecule has 1 saturated heterocycles. The van der Waals surface area contributed by atoms with Crippen molar-refractivity contribution < 1.29 is 19.1 Å². The molecule has 1 amide bonds. The topological polar surface area (TPSA) is 84.0 Å². The first-order valence-electron chi connectivity index (χ1n) is 8.23. The Morgan fingerprint density at radius 3 is 2.88 bits per heavy atom. The van der Waals surface area contributed by atoms with Gasteiger partial charge in [-0.05, 0) is 30.2 Å². The number of rotatable bonds is 6. The molecule has 0 spiro atoms. The van der Waals surface area contributed by atoms with Crippen molar-refractivity contribution in [3.8, 4) is 5.75 Å². The molecule has 138 valence electrons. The van der Waals surface area contributed by atoms with Gasteiger partial charge in [0.15, 0.2) is 5.17 Å². The fourth-order valence-corrected chi connectivity index (χ4v) is 4.09. The number of carbonyl (C=O) groups is 2. The minimum Gasteiger partial charge on any atom is -0.497 e. The van der Waals surface area contributed by atoms with E-state index in [4.69, 9.17) is 4.74 Å². The molecule has 1 atom stereocenters. The molecule has 1 N–H and O–H groups in total. The van der Waals surface area contributed by atoms with Gasteiger partial charge in [-0.2, -0.15) is 0 Å². The van der Waals surface area contributed by atoms with Crippen molar-refractivity contribution in [1.82, 2.24) is 9.88 Å². The number of amidine groups is 1. The summed E-state index contributed by atoms with van der Waals surface area (Å²) in [7, 11) is 4.61. The minimum absolute atomic E-state index is 0.0554. The smallest absolute Gasteiger partial charge is 0.307 e. The van der Waals surface area contributed by atoms with Crippen LogP contribution in [0.15, 0.2) is 29.4 Å². The van der Waals surface area contributed by atoms with Gasteiger partial charge < -0.3 is 14.5 Å². The molecule has 2 heterocycles. The summed E-state index contributed by atoms with van der Waals surface area (Å²) >= 11 is 1.32. The SMILES string of the molecule is CN=C1S[C@H](CC(=O)OC)C(=O)N1CCc1c[nH]c2ccc(OC)cc12. The summed E-state index contributed by atoms with van der Waals surface area (Å²) in [4.78, 5) is 33.2. The molecular weight excluding hydrogens is 354 g/mol. The number of nitrogens with zero attached hydrogens (tertiary/aromatic N) is 2. The van der Waals surface area contributed by atoms with Crippen LogP contribution in [0.4, 0.5) is 0 Å². The Morgan fingerprint density at radius 1 is 1.38 bits per heavy atom. The number of aromatic amines is 1. The number of H-pyrrole nitrogens is 1. The zero-order chi connectivity index (χ0) is 18.7. The Kier molecular flexibility index (Phi) is 5.51. The van der Waals surface area contributed by atoms with Crippen LogP contribution in [0, 0.1) is 0 Å². The van der Waals surface area contributed by atoms with Crippen molar-refractivity contribution in [3.63, 3.8) is 0 Å². The number of hydrogen-bond donors (Lipinski definition) is 1. The second kappa shape index (κ2) is 7.82. The van der Waals surface area contributed by atoms with Gasteiger partial charge in [-0.1, -0.05) is 11.8 Å². The molecule has 26 heavy (non-hydrogen) atoms. The lowest BCUT2D eigenvalue weighted by Crippen LogP contribution is -2.34. The van der Waals surface area contributed by atoms with Crippen LogP contribution >= 0.6 is 11.8 Å². The number of thioether (sulfide) groups is 1. The van der Waals surface area contributed by atoms with E-state index in [9.17, 15) is 9.59 Å². The number of fused-ring (bicyclic) bond motifs is 1. The summed E-state index contributed by atoms with van der Waals surface area (Å²) in [6.07, 6.45) is 2.68. The number of hydrogen-bond acceptors (Lipinski definition) is 6. The van der Waals surface area contributed by atoms with E-state index in [1.165, 1.54) is 18.9 Å². The Morgan fingerprint density at radius 2 is 2.19 bits per heavy atom. The van der Waals surface area contributed by atoms with E-state index in [0.717, 1.165) is 22.2 Å². The van der Waals surface area contributed by atoms with Crippen LogP contribution in [0.1, 0.15) is 12.0 Å². The first-order chi connectivity index (χ1) is 12.6. The van der Waals surface area contributed by atoms with E-state index in [2.05, 4.69) is 14.7 Å². The zero-order valence-electron chi connectivity index (χ0n) is 14.9. The van der Waals surface area contributed by atoms with E-state index in [0.29, 0.717) is 18.1 Å². The van der Waals surface area contributed by atoms with Gasteiger partial charge in [0, 0.05) is 30.7 Å². The lowest BCUT2D eigenvalue weighted by molar-refractivity contribution is -0.142. The lowest BCUT2D eigenvalue weighted by atomic mass is 10.1. The highest BCUT2D eigenvalue weighted by Gasteiger charge is 2.38. The predicted octanol–water partition coefficient (Wildman–Crippen LogP) is 2.21. The van der Waals surface area contributed by atoms with Gasteiger partial charge >= 0.3 is 5.97 Å². The van der Waals surface area contributed by atoms with Crippen molar-refractivity contribution in [2.75, 3.05) is 27.8 Å². The quantitative estimate of drug-likeness (QED) is 0.783. The maximum atomic E-state index is 12.6. The number of aliphatic imine (C=N–C) groups is 1. The number of ether oxygens (including phenoxy) is 2. The number of nitrogens with one attached hydrogen (secondary N) is 1. The van der Waals surface area contributed by atoms with Crippen molar-refractivity contribution in [2.45, 2.75) is 18.1 Å². The molecular formula is C18H21N3O4S. The van der Waals surface area contributed by atoms with Gasteiger partial charge in [-0.25, -0.2) is 0 Å². The molecule has 1 aliphatic rings. The van der Waals surface area contributed by atoms with Crippen LogP contribution in [0.2, 0.25) is 0 Å². The Balaban J connectivity index is 1.74. The third-order valence-electron chi connectivity index (χ3n) is 4.37. The summed E-state index contributed by atoms with van der Waals surface area (Å²) in [5, 5.41) is 1.25. The normalized spacial score (nSPS) is 18.7. The van der Waals surface area contributed by atoms with Crippen LogP contribution in [-0.2, 0) is 20.7 Å².